The van der Waals surface area contributed by atoms with Gasteiger partial charge in [0.25, 0.3) is 0 Å². The van der Waals surface area contributed by atoms with Crippen LogP contribution in [-0.4, -0.2) is 36.6 Å². The molecule has 2 heteroatoms. The molecule has 2 nitrogen and oxygen atoms in total. The summed E-state index contributed by atoms with van der Waals surface area (Å²) in [4.78, 5) is 2.60. The average molecular weight is 224 g/mol. The number of nitrogens with zero attached hydrogens (tertiary/aromatic N) is 1. The molecule has 2 atom stereocenters. The van der Waals surface area contributed by atoms with Gasteiger partial charge in [-0.1, -0.05) is 33.3 Å². The first-order valence-electron chi connectivity index (χ1n) is 6.75. The summed E-state index contributed by atoms with van der Waals surface area (Å²) in [6.07, 6.45) is 5.90. The fourth-order valence-corrected chi connectivity index (χ4v) is 2.64. The summed E-state index contributed by atoms with van der Waals surface area (Å²) >= 11 is 0. The van der Waals surface area contributed by atoms with Crippen LogP contribution >= 0.6 is 0 Å². The summed E-state index contributed by atoms with van der Waals surface area (Å²) in [5.74, 6) is 0.779. The molecule has 2 unspecified atom stereocenters. The summed E-state index contributed by atoms with van der Waals surface area (Å²) < 4.78 is 0. The van der Waals surface area contributed by atoms with Gasteiger partial charge in [0.2, 0.25) is 0 Å². The Morgan fingerprint density at radius 1 is 1.50 bits per heavy atom. The minimum absolute atomic E-state index is 0.688. The second kappa shape index (κ2) is 7.08. The molecule has 1 aliphatic heterocycles. The summed E-state index contributed by atoms with van der Waals surface area (Å²) in [6.45, 7) is 14.1. The monoisotopic (exact) mass is 224 g/mol. The first-order chi connectivity index (χ1) is 7.67. The first kappa shape index (κ1) is 13.7. The van der Waals surface area contributed by atoms with Crippen molar-refractivity contribution < 1.29 is 0 Å². The molecule has 0 aromatic rings. The molecule has 0 aromatic carbocycles. The number of hydrogen-bond donors (Lipinski definition) is 1. The normalized spacial score (nSPS) is 27.2. The molecular weight excluding hydrogens is 196 g/mol. The summed E-state index contributed by atoms with van der Waals surface area (Å²) in [6, 6.07) is 1.39. The van der Waals surface area contributed by atoms with E-state index in [4.69, 9.17) is 0 Å². The Hall–Kier alpha value is -0.340. The highest BCUT2D eigenvalue weighted by molar-refractivity contribution is 4.89. The van der Waals surface area contributed by atoms with Crippen molar-refractivity contribution in [2.75, 3.05) is 19.6 Å². The molecule has 1 saturated heterocycles. The van der Waals surface area contributed by atoms with Crippen molar-refractivity contribution in [2.45, 2.75) is 52.1 Å². The molecule has 0 saturated carbocycles. The molecule has 0 bridgehead atoms. The SMILES string of the molecule is C=CCN1CC(CCC)NCC1CC(C)C. The summed E-state index contributed by atoms with van der Waals surface area (Å²) in [5.41, 5.74) is 0. The molecule has 16 heavy (non-hydrogen) atoms. The van der Waals surface area contributed by atoms with Gasteiger partial charge in [-0.15, -0.1) is 6.58 Å². The average Bonchev–Trinajstić information content (AvgIpc) is 2.22. The highest BCUT2D eigenvalue weighted by atomic mass is 15.2. The third-order valence-corrected chi connectivity index (χ3v) is 3.36. The lowest BCUT2D eigenvalue weighted by Gasteiger charge is -2.40. The Morgan fingerprint density at radius 3 is 2.81 bits per heavy atom. The van der Waals surface area contributed by atoms with Crippen molar-refractivity contribution >= 4 is 0 Å². The lowest BCUT2D eigenvalue weighted by molar-refractivity contribution is 0.124. The zero-order valence-corrected chi connectivity index (χ0v) is 11.2. The Bertz CT molecular complexity index is 201. The Kier molecular flexibility index (Phi) is 6.07. The molecule has 0 aliphatic carbocycles. The van der Waals surface area contributed by atoms with E-state index in [1.807, 2.05) is 6.08 Å². The first-order valence-corrected chi connectivity index (χ1v) is 6.75. The maximum absolute atomic E-state index is 3.88. The van der Waals surface area contributed by atoms with Crippen LogP contribution in [0.4, 0.5) is 0 Å². The second-order valence-corrected chi connectivity index (χ2v) is 5.42. The lowest BCUT2D eigenvalue weighted by atomic mass is 9.98. The molecule has 1 fully saturated rings. The van der Waals surface area contributed by atoms with Crippen molar-refractivity contribution in [1.82, 2.24) is 10.2 Å². The molecule has 0 amide bonds. The van der Waals surface area contributed by atoms with Gasteiger partial charge in [0.05, 0.1) is 0 Å². The van der Waals surface area contributed by atoms with E-state index in [0.29, 0.717) is 12.1 Å². The summed E-state index contributed by atoms with van der Waals surface area (Å²) in [7, 11) is 0. The van der Waals surface area contributed by atoms with Gasteiger partial charge in [-0.05, 0) is 18.8 Å². The van der Waals surface area contributed by atoms with Crippen molar-refractivity contribution in [3.05, 3.63) is 12.7 Å². The molecule has 1 N–H and O–H groups in total. The van der Waals surface area contributed by atoms with E-state index < -0.39 is 0 Å². The van der Waals surface area contributed by atoms with Crippen LogP contribution in [0.15, 0.2) is 12.7 Å². The second-order valence-electron chi connectivity index (χ2n) is 5.42. The van der Waals surface area contributed by atoms with E-state index in [0.717, 1.165) is 19.0 Å². The molecule has 1 aliphatic rings. The van der Waals surface area contributed by atoms with E-state index in [2.05, 4.69) is 37.6 Å². The van der Waals surface area contributed by atoms with Gasteiger partial charge >= 0.3 is 0 Å². The Balaban J connectivity index is 2.48. The van der Waals surface area contributed by atoms with Crippen LogP contribution in [-0.2, 0) is 0 Å². The number of hydrogen-bond acceptors (Lipinski definition) is 2. The highest BCUT2D eigenvalue weighted by Crippen LogP contribution is 2.16. The standard InChI is InChI=1S/C14H28N2/c1-5-7-13-11-16(8-6-2)14(10-15-13)9-12(3)4/h6,12-15H,2,5,7-11H2,1,3-4H3. The largest absolute Gasteiger partial charge is 0.311 e. The lowest BCUT2D eigenvalue weighted by Crippen LogP contribution is -2.56. The number of piperazine rings is 1. The van der Waals surface area contributed by atoms with Gasteiger partial charge < -0.3 is 5.32 Å². The third-order valence-electron chi connectivity index (χ3n) is 3.36. The molecule has 94 valence electrons. The molecule has 0 aromatic heterocycles. The van der Waals surface area contributed by atoms with Gasteiger partial charge in [0.1, 0.15) is 0 Å². The van der Waals surface area contributed by atoms with Gasteiger partial charge in [-0.25, -0.2) is 0 Å². The van der Waals surface area contributed by atoms with Crippen molar-refractivity contribution in [2.24, 2.45) is 5.92 Å². The minimum Gasteiger partial charge on any atom is -0.311 e. The minimum atomic E-state index is 0.688. The zero-order chi connectivity index (χ0) is 12.0. The van der Waals surface area contributed by atoms with Crippen LogP contribution in [0.2, 0.25) is 0 Å². The van der Waals surface area contributed by atoms with E-state index in [1.54, 1.807) is 0 Å². The van der Waals surface area contributed by atoms with Crippen molar-refractivity contribution in [3.8, 4) is 0 Å². The fourth-order valence-electron chi connectivity index (χ4n) is 2.64. The Labute approximate surface area is 101 Å². The van der Waals surface area contributed by atoms with Gasteiger partial charge in [-0.3, -0.25) is 4.90 Å². The smallest absolute Gasteiger partial charge is 0.0227 e. The predicted molar refractivity (Wildman–Crippen MR) is 71.7 cm³/mol. The topological polar surface area (TPSA) is 15.3 Å². The van der Waals surface area contributed by atoms with Gasteiger partial charge in [0.15, 0.2) is 0 Å². The van der Waals surface area contributed by atoms with Crippen LogP contribution in [0.1, 0.15) is 40.0 Å². The van der Waals surface area contributed by atoms with Gasteiger partial charge in [-0.2, -0.15) is 0 Å². The Morgan fingerprint density at radius 2 is 2.25 bits per heavy atom. The van der Waals surface area contributed by atoms with E-state index >= 15 is 0 Å². The fraction of sp³-hybridized carbons (Fsp3) is 0.857. The van der Waals surface area contributed by atoms with E-state index in [-0.39, 0.29) is 0 Å². The van der Waals surface area contributed by atoms with Crippen LogP contribution < -0.4 is 5.32 Å². The van der Waals surface area contributed by atoms with Crippen molar-refractivity contribution in [3.63, 3.8) is 0 Å². The predicted octanol–water partition coefficient (Wildman–Crippen LogP) is 2.66. The highest BCUT2D eigenvalue weighted by Gasteiger charge is 2.26. The third kappa shape index (κ3) is 4.26. The molecule has 1 rings (SSSR count). The summed E-state index contributed by atoms with van der Waals surface area (Å²) in [5, 5.41) is 3.69. The molecular formula is C14H28N2. The van der Waals surface area contributed by atoms with Crippen molar-refractivity contribution in [1.29, 1.82) is 0 Å². The maximum atomic E-state index is 3.88. The zero-order valence-electron chi connectivity index (χ0n) is 11.2. The van der Waals surface area contributed by atoms with Gasteiger partial charge in [0, 0.05) is 31.7 Å². The van der Waals surface area contributed by atoms with E-state index in [9.17, 15) is 0 Å². The molecule has 0 spiro atoms. The van der Waals surface area contributed by atoms with Crippen LogP contribution in [0.25, 0.3) is 0 Å². The van der Waals surface area contributed by atoms with Crippen LogP contribution in [0.3, 0.4) is 0 Å². The van der Waals surface area contributed by atoms with E-state index in [1.165, 1.54) is 25.8 Å². The quantitative estimate of drug-likeness (QED) is 0.698. The number of rotatable bonds is 6. The molecule has 1 heterocycles. The van der Waals surface area contributed by atoms with Crippen LogP contribution in [0, 0.1) is 5.92 Å². The molecule has 0 radical (unpaired) electrons. The number of nitrogens with one attached hydrogen (secondary N) is 1. The van der Waals surface area contributed by atoms with Crippen LogP contribution in [0.5, 0.6) is 0 Å². The maximum Gasteiger partial charge on any atom is 0.0227 e.